The third kappa shape index (κ3) is 4.16. The van der Waals surface area contributed by atoms with Gasteiger partial charge >= 0.3 is 0 Å². The molecule has 1 fully saturated rings. The van der Waals surface area contributed by atoms with Crippen LogP contribution in [0.4, 0.5) is 5.82 Å². The Labute approximate surface area is 177 Å². The van der Waals surface area contributed by atoms with Crippen molar-refractivity contribution < 1.29 is 4.79 Å². The van der Waals surface area contributed by atoms with Gasteiger partial charge in [0.15, 0.2) is 0 Å². The fourth-order valence-corrected chi connectivity index (χ4v) is 4.27. The lowest BCUT2D eigenvalue weighted by molar-refractivity contribution is -0.129. The molecule has 1 saturated heterocycles. The monoisotopic (exact) mass is 406 g/mol. The first kappa shape index (κ1) is 20.3. The van der Waals surface area contributed by atoms with Crippen LogP contribution in [-0.4, -0.2) is 56.7 Å². The first-order valence-corrected chi connectivity index (χ1v) is 10.5. The Morgan fingerprint density at radius 1 is 1.30 bits per heavy atom. The summed E-state index contributed by atoms with van der Waals surface area (Å²) in [6, 6.07) is 10.9. The summed E-state index contributed by atoms with van der Waals surface area (Å²) in [5, 5.41) is 9.05. The fourth-order valence-electron chi connectivity index (χ4n) is 4.27. The van der Waals surface area contributed by atoms with E-state index in [-0.39, 0.29) is 11.9 Å². The summed E-state index contributed by atoms with van der Waals surface area (Å²) in [6.07, 6.45) is 4.90. The number of nitrogens with one attached hydrogen (secondary N) is 1. The van der Waals surface area contributed by atoms with Crippen molar-refractivity contribution in [3.05, 3.63) is 53.9 Å². The molecule has 0 saturated carbocycles. The molecule has 7 heteroatoms. The number of nitrogens with zero attached hydrogens (tertiary/aromatic N) is 5. The lowest BCUT2D eigenvalue weighted by Crippen LogP contribution is -2.37. The van der Waals surface area contributed by atoms with E-state index in [9.17, 15) is 4.79 Å². The predicted molar refractivity (Wildman–Crippen MR) is 119 cm³/mol. The number of hydrogen-bond acceptors (Lipinski definition) is 5. The Kier molecular flexibility index (Phi) is 5.72. The zero-order valence-electron chi connectivity index (χ0n) is 18.2. The molecule has 30 heavy (non-hydrogen) atoms. The fraction of sp³-hybridized carbons (Fsp3) is 0.435. The predicted octanol–water partition coefficient (Wildman–Crippen LogP) is 3.19. The Morgan fingerprint density at radius 3 is 2.87 bits per heavy atom. The normalized spacial score (nSPS) is 17.9. The highest BCUT2D eigenvalue weighted by Crippen LogP contribution is 2.26. The number of carbonyl (C=O) groups excluding carboxylic acids is 1. The van der Waals surface area contributed by atoms with Crippen LogP contribution in [0.15, 0.2) is 42.7 Å². The van der Waals surface area contributed by atoms with Gasteiger partial charge in [0.05, 0.1) is 17.8 Å². The second-order valence-corrected chi connectivity index (χ2v) is 8.27. The molecule has 0 aliphatic carbocycles. The SMILES string of the molecule is CC(=O)N(C)[C@H]1CCN(Cc2ccc(N[C@@H](C)c3cccc4c3cnn4C)nc2)C1. The van der Waals surface area contributed by atoms with Crippen molar-refractivity contribution in [2.24, 2.45) is 7.05 Å². The summed E-state index contributed by atoms with van der Waals surface area (Å²) in [5.74, 6) is 0.998. The Balaban J connectivity index is 1.37. The highest BCUT2D eigenvalue weighted by molar-refractivity contribution is 5.83. The summed E-state index contributed by atoms with van der Waals surface area (Å²) in [6.45, 7) is 6.57. The average Bonchev–Trinajstić information content (AvgIpc) is 3.35. The molecular weight excluding hydrogens is 376 g/mol. The summed E-state index contributed by atoms with van der Waals surface area (Å²) >= 11 is 0. The van der Waals surface area contributed by atoms with Gasteiger partial charge in [-0.1, -0.05) is 18.2 Å². The highest BCUT2D eigenvalue weighted by Gasteiger charge is 2.26. The minimum atomic E-state index is 0.123. The van der Waals surface area contributed by atoms with Crippen LogP contribution in [0, 0.1) is 0 Å². The molecule has 2 atom stereocenters. The van der Waals surface area contributed by atoms with Gasteiger partial charge in [0.1, 0.15) is 5.82 Å². The van der Waals surface area contributed by atoms with Gasteiger partial charge in [0, 0.05) is 58.3 Å². The number of benzene rings is 1. The van der Waals surface area contributed by atoms with E-state index in [1.54, 1.807) is 6.92 Å². The van der Waals surface area contributed by atoms with Crippen molar-refractivity contribution in [3.63, 3.8) is 0 Å². The van der Waals surface area contributed by atoms with Crippen molar-refractivity contribution in [2.45, 2.75) is 38.9 Å². The molecule has 158 valence electrons. The number of likely N-dealkylation sites (N-methyl/N-ethyl adjacent to an activating group) is 1. The second-order valence-electron chi connectivity index (χ2n) is 8.27. The largest absolute Gasteiger partial charge is 0.364 e. The van der Waals surface area contributed by atoms with E-state index in [4.69, 9.17) is 0 Å². The molecule has 1 amide bonds. The van der Waals surface area contributed by atoms with Gasteiger partial charge in [0.2, 0.25) is 5.91 Å². The van der Waals surface area contributed by atoms with Gasteiger partial charge in [-0.3, -0.25) is 14.4 Å². The van der Waals surface area contributed by atoms with Gasteiger partial charge in [-0.05, 0) is 36.6 Å². The summed E-state index contributed by atoms with van der Waals surface area (Å²) in [5.41, 5.74) is 3.53. The Bertz CT molecular complexity index is 1030. The molecule has 4 rings (SSSR count). The smallest absolute Gasteiger partial charge is 0.219 e. The van der Waals surface area contributed by atoms with Crippen LogP contribution < -0.4 is 5.32 Å². The molecule has 0 radical (unpaired) electrons. The topological polar surface area (TPSA) is 66.3 Å². The highest BCUT2D eigenvalue weighted by atomic mass is 16.2. The second kappa shape index (κ2) is 8.44. The van der Waals surface area contributed by atoms with Crippen molar-refractivity contribution in [2.75, 3.05) is 25.5 Å². The molecule has 3 aromatic rings. The van der Waals surface area contributed by atoms with E-state index in [0.29, 0.717) is 6.04 Å². The van der Waals surface area contributed by atoms with Crippen LogP contribution in [0.1, 0.15) is 37.4 Å². The first-order valence-electron chi connectivity index (χ1n) is 10.5. The van der Waals surface area contributed by atoms with Gasteiger partial charge in [-0.15, -0.1) is 0 Å². The third-order valence-electron chi connectivity index (χ3n) is 6.18. The number of anilines is 1. The van der Waals surface area contributed by atoms with E-state index in [1.807, 2.05) is 42.1 Å². The molecule has 0 unspecified atom stereocenters. The minimum absolute atomic E-state index is 0.123. The number of likely N-dealkylation sites (tertiary alicyclic amines) is 1. The van der Waals surface area contributed by atoms with Gasteiger partial charge in [0.25, 0.3) is 0 Å². The van der Waals surface area contributed by atoms with Crippen LogP contribution in [0.3, 0.4) is 0 Å². The number of hydrogen-bond donors (Lipinski definition) is 1. The molecule has 7 nitrogen and oxygen atoms in total. The molecule has 1 N–H and O–H groups in total. The van der Waals surface area contributed by atoms with Crippen LogP contribution in [-0.2, 0) is 18.4 Å². The lowest BCUT2D eigenvalue weighted by Gasteiger charge is -2.23. The van der Waals surface area contributed by atoms with Crippen LogP contribution in [0.5, 0.6) is 0 Å². The van der Waals surface area contributed by atoms with Crippen molar-refractivity contribution in [3.8, 4) is 0 Å². The molecule has 2 aromatic heterocycles. The average molecular weight is 407 g/mol. The van der Waals surface area contributed by atoms with Crippen LogP contribution in [0.2, 0.25) is 0 Å². The Hall–Kier alpha value is -2.93. The third-order valence-corrected chi connectivity index (χ3v) is 6.18. The number of carbonyl (C=O) groups is 1. The quantitative estimate of drug-likeness (QED) is 0.681. The van der Waals surface area contributed by atoms with Crippen molar-refractivity contribution in [1.82, 2.24) is 24.6 Å². The molecule has 1 aromatic carbocycles. The number of pyridine rings is 1. The summed E-state index contributed by atoms with van der Waals surface area (Å²) in [7, 11) is 3.86. The van der Waals surface area contributed by atoms with Gasteiger partial charge in [-0.2, -0.15) is 5.10 Å². The summed E-state index contributed by atoms with van der Waals surface area (Å²) < 4.78 is 1.90. The molecular formula is C23H30N6O. The van der Waals surface area contributed by atoms with Crippen molar-refractivity contribution in [1.29, 1.82) is 0 Å². The lowest BCUT2D eigenvalue weighted by atomic mass is 10.0. The number of fused-ring (bicyclic) bond motifs is 1. The van der Waals surface area contributed by atoms with Crippen LogP contribution in [0.25, 0.3) is 10.9 Å². The molecule has 3 heterocycles. The van der Waals surface area contributed by atoms with Gasteiger partial charge in [-0.25, -0.2) is 4.98 Å². The Morgan fingerprint density at radius 2 is 2.13 bits per heavy atom. The van der Waals surface area contributed by atoms with Gasteiger partial charge < -0.3 is 10.2 Å². The van der Waals surface area contributed by atoms with E-state index in [2.05, 4.69) is 51.5 Å². The standard InChI is InChI=1S/C23H30N6O/c1-16(20-6-5-7-22-21(20)13-25-28(22)4)26-23-9-8-18(12-24-23)14-29-11-10-19(15-29)27(3)17(2)30/h5-9,12-13,16,19H,10-11,14-15H2,1-4H3,(H,24,26)/t16-,19-/m0/s1. The maximum Gasteiger partial charge on any atom is 0.219 e. The molecule has 0 bridgehead atoms. The van der Waals surface area contributed by atoms with E-state index >= 15 is 0 Å². The minimum Gasteiger partial charge on any atom is -0.364 e. The maximum atomic E-state index is 11.6. The zero-order valence-corrected chi connectivity index (χ0v) is 18.2. The van der Waals surface area contributed by atoms with E-state index < -0.39 is 0 Å². The van der Waals surface area contributed by atoms with Crippen molar-refractivity contribution >= 4 is 22.6 Å². The number of aryl methyl sites for hydroxylation is 1. The van der Waals surface area contributed by atoms with E-state index in [1.165, 1.54) is 11.1 Å². The number of rotatable bonds is 6. The summed E-state index contributed by atoms with van der Waals surface area (Å²) in [4.78, 5) is 20.5. The van der Waals surface area contributed by atoms with E-state index in [0.717, 1.165) is 42.8 Å². The maximum absolute atomic E-state index is 11.6. The zero-order chi connectivity index (χ0) is 21.3. The number of aromatic nitrogens is 3. The molecule has 0 spiro atoms. The molecule has 1 aliphatic rings. The van der Waals surface area contributed by atoms with Crippen LogP contribution >= 0.6 is 0 Å². The first-order chi connectivity index (χ1) is 14.4. The number of amides is 1. The molecule has 1 aliphatic heterocycles.